The number of nitrogens with zero attached hydrogens (tertiary/aromatic N) is 1. The van der Waals surface area contributed by atoms with Crippen molar-refractivity contribution in [1.82, 2.24) is 4.57 Å². The first-order valence-corrected chi connectivity index (χ1v) is 10.6. The van der Waals surface area contributed by atoms with E-state index in [1.165, 1.54) is 0 Å². The predicted molar refractivity (Wildman–Crippen MR) is 104 cm³/mol. The molecule has 1 unspecified atom stereocenters. The first kappa shape index (κ1) is 17.8. The van der Waals surface area contributed by atoms with Gasteiger partial charge in [-0.1, -0.05) is 17.7 Å². The predicted octanol–water partition coefficient (Wildman–Crippen LogP) is 3.95. The van der Waals surface area contributed by atoms with Gasteiger partial charge in [0.05, 0.1) is 23.3 Å². The van der Waals surface area contributed by atoms with Crippen LogP contribution in [-0.4, -0.2) is 31.8 Å². The van der Waals surface area contributed by atoms with Crippen LogP contribution in [0.4, 0.5) is 0 Å². The molecule has 140 valence electrons. The number of hydrogen-bond acceptors (Lipinski definition) is 4. The largest absolute Gasteiger partial charge is 0.497 e. The van der Waals surface area contributed by atoms with E-state index in [9.17, 15) is 13.2 Å². The number of carbonyl (C=O) groups excluding carboxylic acids is 1. The van der Waals surface area contributed by atoms with E-state index in [1.807, 2.05) is 31.2 Å². The molecule has 1 atom stereocenters. The zero-order valence-corrected chi connectivity index (χ0v) is 16.1. The fraction of sp³-hybridized carbons (Fsp3) is 0.286. The van der Waals surface area contributed by atoms with Gasteiger partial charge in [0.15, 0.2) is 9.84 Å². The Kier molecular flexibility index (Phi) is 4.30. The first-order chi connectivity index (χ1) is 12.9. The van der Waals surface area contributed by atoms with Crippen LogP contribution < -0.4 is 4.74 Å². The van der Waals surface area contributed by atoms with Crippen molar-refractivity contribution in [1.29, 1.82) is 0 Å². The maximum atomic E-state index is 12.9. The zero-order chi connectivity index (χ0) is 19.2. The molecule has 1 aliphatic heterocycles. The van der Waals surface area contributed by atoms with E-state index in [4.69, 9.17) is 4.74 Å². The van der Waals surface area contributed by atoms with Crippen LogP contribution in [0.15, 0.2) is 53.4 Å². The third kappa shape index (κ3) is 3.14. The molecule has 4 rings (SSSR count). The average Bonchev–Trinajstić information content (AvgIpc) is 3.04. The van der Waals surface area contributed by atoms with Crippen LogP contribution in [0.25, 0.3) is 10.9 Å². The summed E-state index contributed by atoms with van der Waals surface area (Å²) in [4.78, 5) is 12.8. The molecule has 27 heavy (non-hydrogen) atoms. The molecule has 0 fully saturated rings. The van der Waals surface area contributed by atoms with E-state index < -0.39 is 9.84 Å². The lowest BCUT2D eigenvalue weighted by atomic mass is 9.97. The van der Waals surface area contributed by atoms with Crippen LogP contribution in [0.2, 0.25) is 0 Å². The highest BCUT2D eigenvalue weighted by atomic mass is 32.2. The van der Waals surface area contributed by atoms with Crippen molar-refractivity contribution in [2.75, 3.05) is 12.9 Å². The SMILES string of the molecule is COc1ccc2c(c1)cc1n2C(=O)CCC1CS(=O)(=O)c1ccc(C)cc1. The number of ether oxygens (including phenoxy) is 1. The molecule has 0 aliphatic carbocycles. The molecule has 2 heterocycles. The van der Waals surface area contributed by atoms with E-state index >= 15 is 0 Å². The number of methoxy groups -OCH3 is 1. The van der Waals surface area contributed by atoms with Crippen LogP contribution in [0, 0.1) is 6.92 Å². The van der Waals surface area contributed by atoms with Gasteiger partial charge < -0.3 is 4.74 Å². The summed E-state index contributed by atoms with van der Waals surface area (Å²) < 4.78 is 32.7. The highest BCUT2D eigenvalue weighted by Crippen LogP contribution is 2.36. The summed E-state index contributed by atoms with van der Waals surface area (Å²) in [6.07, 6.45) is 0.883. The summed E-state index contributed by atoms with van der Waals surface area (Å²) >= 11 is 0. The van der Waals surface area contributed by atoms with E-state index in [0.29, 0.717) is 23.5 Å². The van der Waals surface area contributed by atoms with Crippen LogP contribution in [0.1, 0.15) is 34.8 Å². The van der Waals surface area contributed by atoms with Gasteiger partial charge in [0.2, 0.25) is 5.91 Å². The lowest BCUT2D eigenvalue weighted by Crippen LogP contribution is -2.26. The Hall–Kier alpha value is -2.60. The molecule has 6 heteroatoms. The number of aromatic nitrogens is 1. The molecule has 1 aliphatic rings. The number of aryl methyl sites for hydroxylation is 1. The summed E-state index contributed by atoms with van der Waals surface area (Å²) in [5, 5.41) is 0.886. The summed E-state index contributed by atoms with van der Waals surface area (Å²) in [7, 11) is -1.84. The van der Waals surface area contributed by atoms with Crippen molar-refractivity contribution in [3.8, 4) is 5.75 Å². The van der Waals surface area contributed by atoms with E-state index in [-0.39, 0.29) is 17.6 Å². The van der Waals surface area contributed by atoms with Crippen LogP contribution >= 0.6 is 0 Å². The fourth-order valence-electron chi connectivity index (χ4n) is 3.75. The molecule has 0 saturated heterocycles. The minimum Gasteiger partial charge on any atom is -0.497 e. The van der Waals surface area contributed by atoms with Crippen molar-refractivity contribution in [3.05, 3.63) is 59.8 Å². The number of hydrogen-bond donors (Lipinski definition) is 0. The zero-order valence-electron chi connectivity index (χ0n) is 15.3. The standard InChI is InChI=1S/C21H21NO4S/c1-14-3-7-18(8-4-14)27(24,25)13-15-5-10-21(23)22-19-9-6-17(26-2)11-16(19)12-20(15)22/h3-4,6-9,11-12,15H,5,10,13H2,1-2H3. The third-order valence-electron chi connectivity index (χ3n) is 5.21. The van der Waals surface area contributed by atoms with Crippen LogP contribution in [-0.2, 0) is 9.84 Å². The molecule has 0 bridgehead atoms. The Morgan fingerprint density at radius 3 is 2.56 bits per heavy atom. The smallest absolute Gasteiger partial charge is 0.231 e. The molecule has 0 saturated carbocycles. The minimum atomic E-state index is -3.44. The topological polar surface area (TPSA) is 65.4 Å². The monoisotopic (exact) mass is 383 g/mol. The quantitative estimate of drug-likeness (QED) is 0.684. The maximum absolute atomic E-state index is 12.9. The van der Waals surface area contributed by atoms with Crippen LogP contribution in [0.5, 0.6) is 5.75 Å². The van der Waals surface area contributed by atoms with Gasteiger partial charge in [-0.2, -0.15) is 0 Å². The van der Waals surface area contributed by atoms with Gasteiger partial charge in [0.1, 0.15) is 5.75 Å². The first-order valence-electron chi connectivity index (χ1n) is 8.91. The third-order valence-corrected chi connectivity index (χ3v) is 7.04. The second-order valence-corrected chi connectivity index (χ2v) is 9.09. The van der Waals surface area contributed by atoms with Gasteiger partial charge in [-0.15, -0.1) is 0 Å². The summed E-state index contributed by atoms with van der Waals surface area (Å²) in [5.41, 5.74) is 2.59. The lowest BCUT2D eigenvalue weighted by Gasteiger charge is -2.24. The van der Waals surface area contributed by atoms with E-state index in [2.05, 4.69) is 0 Å². The highest BCUT2D eigenvalue weighted by Gasteiger charge is 2.31. The molecule has 0 spiro atoms. The molecule has 3 aromatic rings. The normalized spacial score (nSPS) is 17.1. The minimum absolute atomic E-state index is 0.00318. The number of fused-ring (bicyclic) bond motifs is 3. The van der Waals surface area contributed by atoms with Gasteiger partial charge in [-0.3, -0.25) is 9.36 Å². The molecule has 0 N–H and O–H groups in total. The van der Waals surface area contributed by atoms with Gasteiger partial charge >= 0.3 is 0 Å². The Morgan fingerprint density at radius 1 is 1.11 bits per heavy atom. The van der Waals surface area contributed by atoms with E-state index in [1.54, 1.807) is 35.9 Å². The molecule has 2 aromatic carbocycles. The summed E-state index contributed by atoms with van der Waals surface area (Å²) in [6.45, 7) is 1.93. The average molecular weight is 383 g/mol. The number of carbonyl (C=O) groups is 1. The Morgan fingerprint density at radius 2 is 1.85 bits per heavy atom. The molecular weight excluding hydrogens is 362 g/mol. The molecule has 0 amide bonds. The molecule has 1 aromatic heterocycles. The molecule has 0 radical (unpaired) electrons. The van der Waals surface area contributed by atoms with Crippen molar-refractivity contribution in [3.63, 3.8) is 0 Å². The highest BCUT2D eigenvalue weighted by molar-refractivity contribution is 7.91. The Balaban J connectivity index is 1.75. The fourth-order valence-corrected chi connectivity index (χ4v) is 5.36. The van der Waals surface area contributed by atoms with Gasteiger partial charge in [-0.25, -0.2) is 8.42 Å². The Labute approximate surface area is 158 Å². The second kappa shape index (κ2) is 6.53. The van der Waals surface area contributed by atoms with Crippen molar-refractivity contribution in [2.45, 2.75) is 30.6 Å². The van der Waals surface area contributed by atoms with Gasteiger partial charge in [0.25, 0.3) is 0 Å². The second-order valence-electron chi connectivity index (χ2n) is 7.05. The maximum Gasteiger partial charge on any atom is 0.231 e. The summed E-state index contributed by atoms with van der Waals surface area (Å²) in [6, 6.07) is 14.4. The van der Waals surface area contributed by atoms with E-state index in [0.717, 1.165) is 22.2 Å². The van der Waals surface area contributed by atoms with Crippen molar-refractivity contribution >= 4 is 26.6 Å². The number of benzene rings is 2. The summed E-state index contributed by atoms with van der Waals surface area (Å²) in [5.74, 6) is 0.500. The lowest BCUT2D eigenvalue weighted by molar-refractivity contribution is 0.0883. The van der Waals surface area contributed by atoms with Gasteiger partial charge in [0, 0.05) is 23.4 Å². The van der Waals surface area contributed by atoms with Crippen LogP contribution in [0.3, 0.4) is 0 Å². The van der Waals surface area contributed by atoms with Crippen molar-refractivity contribution in [2.24, 2.45) is 0 Å². The number of rotatable bonds is 4. The molecular formula is C21H21NO4S. The van der Waals surface area contributed by atoms with Gasteiger partial charge in [-0.05, 0) is 49.7 Å². The number of sulfone groups is 1. The van der Waals surface area contributed by atoms with Crippen molar-refractivity contribution < 1.29 is 17.9 Å². The molecule has 5 nitrogen and oxygen atoms in total. The Bertz CT molecular complexity index is 1130.